The summed E-state index contributed by atoms with van der Waals surface area (Å²) >= 11 is 6.84. The van der Waals surface area contributed by atoms with Crippen molar-refractivity contribution in [3.05, 3.63) is 87.4 Å². The first kappa shape index (κ1) is 22.6. The van der Waals surface area contributed by atoms with Crippen molar-refractivity contribution in [1.29, 1.82) is 0 Å². The lowest BCUT2D eigenvalue weighted by Crippen LogP contribution is -2.32. The Kier molecular flexibility index (Phi) is 6.37. The number of halogens is 1. The number of methoxy groups -OCH3 is 1. The van der Waals surface area contributed by atoms with Crippen LogP contribution >= 0.6 is 11.6 Å². The Morgan fingerprint density at radius 3 is 2.68 bits per heavy atom. The molecular formula is C27H26ClNO5. The molecule has 6 nitrogen and oxygen atoms in total. The van der Waals surface area contributed by atoms with Gasteiger partial charge in [-0.3, -0.25) is 0 Å². The molecular weight excluding hydrogens is 454 g/mol. The molecule has 2 heterocycles. The van der Waals surface area contributed by atoms with Gasteiger partial charge in [0.15, 0.2) is 23.0 Å². The molecule has 176 valence electrons. The molecule has 2 aliphatic heterocycles. The first-order valence-corrected chi connectivity index (χ1v) is 11.5. The van der Waals surface area contributed by atoms with Crippen molar-refractivity contribution in [2.24, 2.45) is 0 Å². The van der Waals surface area contributed by atoms with E-state index in [0.717, 1.165) is 39.3 Å². The summed E-state index contributed by atoms with van der Waals surface area (Å²) in [4.78, 5) is 0. The predicted octanol–water partition coefficient (Wildman–Crippen LogP) is 5.97. The van der Waals surface area contributed by atoms with Crippen molar-refractivity contribution in [3.63, 3.8) is 0 Å². The maximum Gasteiger partial charge on any atom is 0.231 e. The van der Waals surface area contributed by atoms with Gasteiger partial charge < -0.3 is 24.2 Å². The standard InChI is InChI=1S/C27H26ClNO5/c1-17-12-23-24(34-16-33-23)13-19(17)8-9-22-21-14-25(31-2)27(26(28)20(21)10-11-29(22)30)32-15-18-6-4-3-5-7-18/h3-9,12-14,22,30H,10-11,15-16H2,1-2H3/b9-8+. The lowest BCUT2D eigenvalue weighted by Gasteiger charge is -2.32. The Morgan fingerprint density at radius 1 is 1.15 bits per heavy atom. The maximum absolute atomic E-state index is 10.7. The number of nitrogens with zero attached hydrogens (tertiary/aromatic N) is 1. The number of aryl methyl sites for hydroxylation is 1. The van der Waals surface area contributed by atoms with E-state index >= 15 is 0 Å². The molecule has 7 heteroatoms. The average Bonchev–Trinajstić information content (AvgIpc) is 3.30. The monoisotopic (exact) mass is 479 g/mol. The lowest BCUT2D eigenvalue weighted by molar-refractivity contribution is -0.119. The van der Waals surface area contributed by atoms with E-state index in [1.165, 1.54) is 5.06 Å². The third-order valence-electron chi connectivity index (χ3n) is 6.22. The summed E-state index contributed by atoms with van der Waals surface area (Å²) in [6.07, 6.45) is 4.55. The molecule has 1 unspecified atom stereocenters. The third-order valence-corrected chi connectivity index (χ3v) is 6.62. The molecule has 0 amide bonds. The predicted molar refractivity (Wildman–Crippen MR) is 130 cm³/mol. The van der Waals surface area contributed by atoms with Gasteiger partial charge in [0.2, 0.25) is 6.79 Å². The number of rotatable bonds is 6. The molecule has 0 spiro atoms. The first-order valence-electron chi connectivity index (χ1n) is 11.1. The lowest BCUT2D eigenvalue weighted by atomic mass is 9.92. The van der Waals surface area contributed by atoms with Crippen LogP contribution in [-0.4, -0.2) is 30.7 Å². The van der Waals surface area contributed by atoms with Gasteiger partial charge in [-0.25, -0.2) is 0 Å². The van der Waals surface area contributed by atoms with Crippen LogP contribution in [0.25, 0.3) is 6.08 Å². The minimum Gasteiger partial charge on any atom is -0.493 e. The molecule has 1 atom stereocenters. The van der Waals surface area contributed by atoms with Gasteiger partial charge in [0.25, 0.3) is 0 Å². The van der Waals surface area contributed by atoms with Crippen LogP contribution in [0, 0.1) is 6.92 Å². The molecule has 2 aliphatic rings. The van der Waals surface area contributed by atoms with E-state index in [1.54, 1.807) is 7.11 Å². The van der Waals surface area contributed by atoms with Gasteiger partial charge in [0.05, 0.1) is 18.2 Å². The quantitative estimate of drug-likeness (QED) is 0.470. The summed E-state index contributed by atoms with van der Waals surface area (Å²) < 4.78 is 22.7. The Morgan fingerprint density at radius 2 is 1.91 bits per heavy atom. The Balaban J connectivity index is 1.46. The second-order valence-corrected chi connectivity index (χ2v) is 8.72. The average molecular weight is 480 g/mol. The van der Waals surface area contributed by atoms with Gasteiger partial charge in [-0.1, -0.05) is 54.1 Å². The second kappa shape index (κ2) is 9.58. The molecule has 0 radical (unpaired) electrons. The fourth-order valence-electron chi connectivity index (χ4n) is 4.36. The van der Waals surface area contributed by atoms with Gasteiger partial charge in [0, 0.05) is 6.54 Å². The van der Waals surface area contributed by atoms with Gasteiger partial charge in [-0.2, -0.15) is 5.06 Å². The molecule has 0 saturated carbocycles. The van der Waals surface area contributed by atoms with Gasteiger partial charge in [-0.05, 0) is 59.4 Å². The Labute approximate surface area is 203 Å². The minimum absolute atomic E-state index is 0.231. The number of hydrogen-bond acceptors (Lipinski definition) is 6. The highest BCUT2D eigenvalue weighted by atomic mass is 35.5. The van der Waals surface area contributed by atoms with Crippen LogP contribution in [0.2, 0.25) is 5.02 Å². The third kappa shape index (κ3) is 4.32. The normalized spacial score (nSPS) is 17.1. The van der Waals surface area contributed by atoms with Crippen molar-refractivity contribution in [2.45, 2.75) is 26.0 Å². The number of hydrogen-bond donors (Lipinski definition) is 1. The van der Waals surface area contributed by atoms with E-state index in [1.807, 2.05) is 67.6 Å². The molecule has 0 saturated heterocycles. The molecule has 0 bridgehead atoms. The fraction of sp³-hybridized carbons (Fsp3) is 0.259. The summed E-state index contributed by atoms with van der Waals surface area (Å²) in [5.41, 5.74) is 4.93. The summed E-state index contributed by atoms with van der Waals surface area (Å²) in [7, 11) is 1.59. The Bertz CT molecular complexity index is 1230. The molecule has 0 aliphatic carbocycles. The van der Waals surface area contributed by atoms with E-state index < -0.39 is 0 Å². The van der Waals surface area contributed by atoms with E-state index in [9.17, 15) is 5.21 Å². The Hall–Kier alpha value is -3.19. The first-order chi connectivity index (χ1) is 16.5. The van der Waals surface area contributed by atoms with Gasteiger partial charge in [0.1, 0.15) is 6.61 Å². The molecule has 5 rings (SSSR count). The summed E-state index contributed by atoms with van der Waals surface area (Å²) in [5, 5.41) is 12.6. The summed E-state index contributed by atoms with van der Waals surface area (Å²) in [5.74, 6) is 2.53. The fourth-order valence-corrected chi connectivity index (χ4v) is 4.71. The van der Waals surface area contributed by atoms with Crippen LogP contribution in [0.3, 0.4) is 0 Å². The molecule has 34 heavy (non-hydrogen) atoms. The SMILES string of the molecule is COc1cc2c(c(Cl)c1OCc1ccccc1)CCN(O)C2/C=C/c1cc2c(cc1C)OCO2. The largest absolute Gasteiger partial charge is 0.493 e. The zero-order chi connectivity index (χ0) is 23.7. The van der Waals surface area contributed by atoms with Gasteiger partial charge in [-0.15, -0.1) is 0 Å². The highest BCUT2D eigenvalue weighted by Gasteiger charge is 2.30. The topological polar surface area (TPSA) is 60.4 Å². The highest BCUT2D eigenvalue weighted by molar-refractivity contribution is 6.33. The zero-order valence-corrected chi connectivity index (χ0v) is 19.8. The van der Waals surface area contributed by atoms with E-state index in [4.69, 9.17) is 30.5 Å². The number of hydroxylamine groups is 2. The summed E-state index contributed by atoms with van der Waals surface area (Å²) in [6.45, 7) is 3.08. The van der Waals surface area contributed by atoms with Crippen LogP contribution in [0.1, 0.15) is 33.9 Å². The van der Waals surface area contributed by atoms with Crippen LogP contribution in [0.5, 0.6) is 23.0 Å². The molecule has 0 aromatic heterocycles. The van der Waals surface area contributed by atoms with Crippen molar-refractivity contribution in [1.82, 2.24) is 5.06 Å². The van der Waals surface area contributed by atoms with Crippen LogP contribution in [0.15, 0.2) is 54.6 Å². The second-order valence-electron chi connectivity index (χ2n) is 8.34. The number of benzene rings is 3. The van der Waals surface area contributed by atoms with Crippen molar-refractivity contribution >= 4 is 17.7 Å². The number of fused-ring (bicyclic) bond motifs is 2. The molecule has 0 fully saturated rings. The number of ether oxygens (including phenoxy) is 4. The van der Waals surface area contributed by atoms with Gasteiger partial charge >= 0.3 is 0 Å². The van der Waals surface area contributed by atoms with Crippen LogP contribution in [-0.2, 0) is 13.0 Å². The smallest absolute Gasteiger partial charge is 0.231 e. The molecule has 1 N–H and O–H groups in total. The highest BCUT2D eigenvalue weighted by Crippen LogP contribution is 2.45. The van der Waals surface area contributed by atoms with Crippen molar-refractivity contribution in [3.8, 4) is 23.0 Å². The van der Waals surface area contributed by atoms with Crippen LogP contribution < -0.4 is 18.9 Å². The van der Waals surface area contributed by atoms with Crippen LogP contribution in [0.4, 0.5) is 0 Å². The van der Waals surface area contributed by atoms with E-state index in [2.05, 4.69) is 0 Å². The molecule has 3 aromatic rings. The summed E-state index contributed by atoms with van der Waals surface area (Å²) in [6, 6.07) is 15.3. The van der Waals surface area contributed by atoms with E-state index in [-0.39, 0.29) is 12.8 Å². The van der Waals surface area contributed by atoms with Crippen molar-refractivity contribution in [2.75, 3.05) is 20.4 Å². The minimum atomic E-state index is -0.386. The van der Waals surface area contributed by atoms with E-state index in [0.29, 0.717) is 36.1 Å². The maximum atomic E-state index is 10.7. The van der Waals surface area contributed by atoms with Crippen molar-refractivity contribution < 1.29 is 24.2 Å². The zero-order valence-electron chi connectivity index (χ0n) is 19.1. The molecule has 3 aromatic carbocycles.